The molecule has 0 spiro atoms. The predicted octanol–water partition coefficient (Wildman–Crippen LogP) is 2.01. The first-order valence-electron chi connectivity index (χ1n) is 6.16. The molecule has 0 aliphatic rings. The zero-order valence-corrected chi connectivity index (χ0v) is 11.9. The Morgan fingerprint density at radius 3 is 2.68 bits per heavy atom. The maximum atomic E-state index is 6.17. The molecule has 2 N–H and O–H groups in total. The van der Waals surface area contributed by atoms with E-state index in [1.807, 2.05) is 42.8 Å². The van der Waals surface area contributed by atoms with Crippen LogP contribution in [0.25, 0.3) is 0 Å². The van der Waals surface area contributed by atoms with E-state index in [1.54, 1.807) is 18.1 Å². The van der Waals surface area contributed by atoms with Gasteiger partial charge in [0, 0.05) is 18.8 Å². The van der Waals surface area contributed by atoms with Gasteiger partial charge >= 0.3 is 0 Å². The first kappa shape index (κ1) is 13.9. The van der Waals surface area contributed by atoms with Crippen LogP contribution in [0.15, 0.2) is 35.7 Å². The lowest BCUT2D eigenvalue weighted by Crippen LogP contribution is -2.13. The normalized spacial score (nSPS) is 12.4. The first-order valence-corrected chi connectivity index (χ1v) is 7.14. The Morgan fingerprint density at radius 2 is 2.11 bits per heavy atom. The smallest absolute Gasteiger partial charge is 0.190 e. The standard InChI is InChI=1S/C13H18N4OS/c1-3-18-11-6-4-10(5-7-11)12(14)8-19-13-16-15-9-17(13)2/h4-7,9,12H,3,8,14H2,1-2H3. The number of ether oxygens (including phenoxy) is 1. The number of nitrogens with two attached hydrogens (primary N) is 1. The van der Waals surface area contributed by atoms with Crippen molar-refractivity contribution >= 4 is 11.8 Å². The van der Waals surface area contributed by atoms with Crippen LogP contribution in [0.4, 0.5) is 0 Å². The summed E-state index contributed by atoms with van der Waals surface area (Å²) in [7, 11) is 1.92. The van der Waals surface area contributed by atoms with E-state index in [1.165, 1.54) is 0 Å². The van der Waals surface area contributed by atoms with Crippen LogP contribution in [0.2, 0.25) is 0 Å². The van der Waals surface area contributed by atoms with E-state index in [2.05, 4.69) is 10.2 Å². The van der Waals surface area contributed by atoms with Crippen LogP contribution in [0, 0.1) is 0 Å². The SMILES string of the molecule is CCOc1ccc(C(N)CSc2nncn2C)cc1. The third-order valence-corrected chi connectivity index (χ3v) is 3.83. The van der Waals surface area contributed by atoms with Gasteiger partial charge in [-0.15, -0.1) is 10.2 Å². The van der Waals surface area contributed by atoms with Gasteiger partial charge in [-0.3, -0.25) is 0 Å². The summed E-state index contributed by atoms with van der Waals surface area (Å²) in [5, 5.41) is 8.74. The highest BCUT2D eigenvalue weighted by molar-refractivity contribution is 7.99. The minimum Gasteiger partial charge on any atom is -0.494 e. The molecule has 2 aromatic rings. The zero-order valence-electron chi connectivity index (χ0n) is 11.1. The Morgan fingerprint density at radius 1 is 1.37 bits per heavy atom. The molecule has 0 amide bonds. The molecule has 1 aromatic carbocycles. The fraction of sp³-hybridized carbons (Fsp3) is 0.385. The predicted molar refractivity (Wildman–Crippen MR) is 76.3 cm³/mol. The Balaban J connectivity index is 1.92. The molecule has 6 heteroatoms. The Hall–Kier alpha value is -1.53. The van der Waals surface area contributed by atoms with E-state index in [9.17, 15) is 0 Å². The van der Waals surface area contributed by atoms with Crippen LogP contribution in [0.5, 0.6) is 5.75 Å². The van der Waals surface area contributed by atoms with E-state index in [0.29, 0.717) is 6.61 Å². The van der Waals surface area contributed by atoms with Crippen molar-refractivity contribution in [1.29, 1.82) is 0 Å². The van der Waals surface area contributed by atoms with Crippen molar-refractivity contribution in [3.63, 3.8) is 0 Å². The third-order valence-electron chi connectivity index (χ3n) is 2.68. The van der Waals surface area contributed by atoms with Crippen molar-refractivity contribution in [2.45, 2.75) is 18.1 Å². The summed E-state index contributed by atoms with van der Waals surface area (Å²) in [6.07, 6.45) is 1.69. The summed E-state index contributed by atoms with van der Waals surface area (Å²) >= 11 is 1.60. The summed E-state index contributed by atoms with van der Waals surface area (Å²) in [4.78, 5) is 0. The van der Waals surface area contributed by atoms with Crippen molar-refractivity contribution in [2.24, 2.45) is 12.8 Å². The fourth-order valence-electron chi connectivity index (χ4n) is 1.64. The van der Waals surface area contributed by atoms with Crippen LogP contribution < -0.4 is 10.5 Å². The molecular weight excluding hydrogens is 260 g/mol. The summed E-state index contributed by atoms with van der Waals surface area (Å²) in [5.74, 6) is 1.64. The molecule has 1 aromatic heterocycles. The first-order chi connectivity index (χ1) is 9.20. The zero-order chi connectivity index (χ0) is 13.7. The molecule has 5 nitrogen and oxygen atoms in total. The number of hydrogen-bond donors (Lipinski definition) is 1. The van der Waals surface area contributed by atoms with E-state index in [4.69, 9.17) is 10.5 Å². The van der Waals surface area contributed by atoms with Crippen LogP contribution in [-0.2, 0) is 7.05 Å². The van der Waals surface area contributed by atoms with Crippen LogP contribution in [-0.4, -0.2) is 27.1 Å². The second kappa shape index (κ2) is 6.58. The molecular formula is C13H18N4OS. The molecule has 0 saturated carbocycles. The highest BCUT2D eigenvalue weighted by Crippen LogP contribution is 2.22. The Labute approximate surface area is 117 Å². The summed E-state index contributed by atoms with van der Waals surface area (Å²) in [6, 6.07) is 7.88. The van der Waals surface area contributed by atoms with Crippen molar-refractivity contribution in [2.75, 3.05) is 12.4 Å². The lowest BCUT2D eigenvalue weighted by molar-refractivity contribution is 0.340. The van der Waals surface area contributed by atoms with Gasteiger partial charge in [-0.25, -0.2) is 0 Å². The van der Waals surface area contributed by atoms with E-state index in [0.717, 1.165) is 22.2 Å². The lowest BCUT2D eigenvalue weighted by Gasteiger charge is -2.12. The fourth-order valence-corrected chi connectivity index (χ4v) is 2.52. The number of aromatic nitrogens is 3. The number of thioether (sulfide) groups is 1. The van der Waals surface area contributed by atoms with Gasteiger partial charge in [0.1, 0.15) is 12.1 Å². The maximum Gasteiger partial charge on any atom is 0.190 e. The second-order valence-corrected chi connectivity index (χ2v) is 5.13. The molecule has 0 radical (unpaired) electrons. The van der Waals surface area contributed by atoms with Gasteiger partial charge in [-0.1, -0.05) is 23.9 Å². The maximum absolute atomic E-state index is 6.17. The molecule has 0 aliphatic heterocycles. The van der Waals surface area contributed by atoms with Gasteiger partial charge in [-0.05, 0) is 24.6 Å². The topological polar surface area (TPSA) is 66.0 Å². The molecule has 1 atom stereocenters. The second-order valence-electron chi connectivity index (χ2n) is 4.14. The van der Waals surface area contributed by atoms with Crippen LogP contribution in [0.1, 0.15) is 18.5 Å². The minimum atomic E-state index is -0.0302. The highest BCUT2D eigenvalue weighted by Gasteiger charge is 2.09. The third kappa shape index (κ3) is 3.71. The number of rotatable bonds is 6. The Bertz CT molecular complexity index is 512. The molecule has 2 rings (SSSR count). The average molecular weight is 278 g/mol. The molecule has 0 aliphatic carbocycles. The molecule has 19 heavy (non-hydrogen) atoms. The molecule has 1 unspecified atom stereocenters. The van der Waals surface area contributed by atoms with Gasteiger partial charge in [0.25, 0.3) is 0 Å². The quantitative estimate of drug-likeness (QED) is 0.819. The van der Waals surface area contributed by atoms with Crippen molar-refractivity contribution < 1.29 is 4.74 Å². The van der Waals surface area contributed by atoms with Gasteiger partial charge < -0.3 is 15.0 Å². The van der Waals surface area contributed by atoms with Gasteiger partial charge in [0.15, 0.2) is 5.16 Å². The molecule has 0 saturated heterocycles. The van der Waals surface area contributed by atoms with Gasteiger partial charge in [0.05, 0.1) is 6.61 Å². The van der Waals surface area contributed by atoms with Gasteiger partial charge in [-0.2, -0.15) is 0 Å². The number of benzene rings is 1. The van der Waals surface area contributed by atoms with Crippen LogP contribution >= 0.6 is 11.8 Å². The van der Waals surface area contributed by atoms with E-state index in [-0.39, 0.29) is 6.04 Å². The summed E-state index contributed by atoms with van der Waals surface area (Å²) < 4.78 is 7.29. The highest BCUT2D eigenvalue weighted by atomic mass is 32.2. The van der Waals surface area contributed by atoms with E-state index < -0.39 is 0 Å². The van der Waals surface area contributed by atoms with Crippen LogP contribution in [0.3, 0.4) is 0 Å². The van der Waals surface area contributed by atoms with Crippen molar-refractivity contribution in [3.8, 4) is 5.75 Å². The number of aryl methyl sites for hydroxylation is 1. The van der Waals surface area contributed by atoms with E-state index >= 15 is 0 Å². The molecule has 0 bridgehead atoms. The monoisotopic (exact) mass is 278 g/mol. The Kier molecular flexibility index (Phi) is 4.81. The summed E-state index contributed by atoms with van der Waals surface area (Å²) in [6.45, 7) is 2.64. The largest absolute Gasteiger partial charge is 0.494 e. The minimum absolute atomic E-state index is 0.0302. The number of nitrogens with zero attached hydrogens (tertiary/aromatic N) is 3. The van der Waals surface area contributed by atoms with Gasteiger partial charge in [0.2, 0.25) is 0 Å². The lowest BCUT2D eigenvalue weighted by atomic mass is 10.1. The number of hydrogen-bond acceptors (Lipinski definition) is 5. The molecule has 102 valence electrons. The average Bonchev–Trinajstić information content (AvgIpc) is 2.83. The molecule has 0 fully saturated rings. The van der Waals surface area contributed by atoms with Crippen molar-refractivity contribution in [1.82, 2.24) is 14.8 Å². The van der Waals surface area contributed by atoms with Crippen molar-refractivity contribution in [3.05, 3.63) is 36.2 Å². The molecule has 1 heterocycles. The summed E-state index contributed by atoms with van der Waals surface area (Å²) in [5.41, 5.74) is 7.26.